The minimum Gasteiger partial charge on any atom is -0.480 e. The van der Waals surface area contributed by atoms with Crippen LogP contribution < -0.4 is 10.6 Å². The van der Waals surface area contributed by atoms with Gasteiger partial charge in [-0.1, -0.05) is 19.3 Å². The molecule has 0 aromatic heterocycles. The Kier molecular flexibility index (Phi) is 4.60. The first kappa shape index (κ1) is 14.4. The Balaban J connectivity index is 2.57. The summed E-state index contributed by atoms with van der Waals surface area (Å²) in [5.41, 5.74) is -1.20. The molecule has 18 heavy (non-hydrogen) atoms. The third kappa shape index (κ3) is 3.39. The largest absolute Gasteiger partial charge is 0.480 e. The average Bonchev–Trinajstić information content (AvgIpc) is 3.11. The number of rotatable bonds is 6. The van der Waals surface area contributed by atoms with Crippen molar-refractivity contribution in [1.29, 1.82) is 0 Å². The molecule has 1 aliphatic rings. The van der Waals surface area contributed by atoms with Crippen LogP contribution in [0.25, 0.3) is 0 Å². The van der Waals surface area contributed by atoms with E-state index in [0.717, 1.165) is 19.3 Å². The van der Waals surface area contributed by atoms with Gasteiger partial charge in [0.25, 0.3) is 0 Å². The summed E-state index contributed by atoms with van der Waals surface area (Å²) in [5, 5.41) is 14.3. The van der Waals surface area contributed by atoms with E-state index in [0.29, 0.717) is 6.42 Å². The Hall–Kier alpha value is -1.70. The summed E-state index contributed by atoms with van der Waals surface area (Å²) in [7, 11) is 0. The fourth-order valence-electron chi connectivity index (χ4n) is 1.91. The van der Waals surface area contributed by atoms with Gasteiger partial charge in [-0.05, 0) is 32.1 Å². The highest BCUT2D eigenvalue weighted by Crippen LogP contribution is 2.39. The van der Waals surface area contributed by atoms with E-state index in [1.807, 2.05) is 6.92 Å². The molecule has 100 valence electrons. The number of urea groups is 1. The van der Waals surface area contributed by atoms with E-state index in [1.54, 1.807) is 0 Å². The fraction of sp³-hybridized carbons (Fsp3) is 0.692. The quantitative estimate of drug-likeness (QED) is 0.624. The molecule has 0 radical (unpaired) electrons. The third-order valence-electron chi connectivity index (χ3n) is 3.30. The van der Waals surface area contributed by atoms with E-state index in [4.69, 9.17) is 6.42 Å². The summed E-state index contributed by atoms with van der Waals surface area (Å²) >= 11 is 0. The van der Waals surface area contributed by atoms with Gasteiger partial charge in [0, 0.05) is 0 Å². The summed E-state index contributed by atoms with van der Waals surface area (Å²) < 4.78 is 0. The number of carbonyl (C=O) groups excluding carboxylic acids is 1. The van der Waals surface area contributed by atoms with Crippen LogP contribution in [0.15, 0.2) is 0 Å². The van der Waals surface area contributed by atoms with Crippen LogP contribution >= 0.6 is 0 Å². The smallest absolute Gasteiger partial charge is 0.329 e. The first-order chi connectivity index (χ1) is 8.43. The van der Waals surface area contributed by atoms with Gasteiger partial charge in [0.1, 0.15) is 5.54 Å². The Bertz CT molecular complexity index is 371. The van der Waals surface area contributed by atoms with Crippen molar-refractivity contribution in [2.45, 2.75) is 51.1 Å². The number of amides is 2. The Morgan fingerprint density at radius 3 is 2.56 bits per heavy atom. The molecule has 0 spiro atoms. The highest BCUT2D eigenvalue weighted by molar-refractivity contribution is 5.86. The maximum atomic E-state index is 11.8. The fourth-order valence-corrected chi connectivity index (χ4v) is 1.91. The molecule has 1 rings (SSSR count). The van der Waals surface area contributed by atoms with E-state index < -0.39 is 17.5 Å². The molecule has 0 aromatic rings. The topological polar surface area (TPSA) is 78.4 Å². The van der Waals surface area contributed by atoms with Crippen LogP contribution in [0, 0.1) is 18.3 Å². The van der Waals surface area contributed by atoms with Crippen molar-refractivity contribution in [3.05, 3.63) is 0 Å². The summed E-state index contributed by atoms with van der Waals surface area (Å²) in [4.78, 5) is 23.0. The molecule has 5 nitrogen and oxygen atoms in total. The van der Waals surface area contributed by atoms with Gasteiger partial charge < -0.3 is 15.7 Å². The lowest BCUT2D eigenvalue weighted by atomic mass is 9.96. The van der Waals surface area contributed by atoms with Crippen molar-refractivity contribution >= 4 is 12.0 Å². The van der Waals surface area contributed by atoms with Crippen LogP contribution in [0.4, 0.5) is 4.79 Å². The van der Waals surface area contributed by atoms with Crippen LogP contribution in [0.5, 0.6) is 0 Å². The SMILES string of the molecule is C#CC(CCC)NC(=O)NC(C)(C(=O)O)C1CC1. The van der Waals surface area contributed by atoms with Crippen LogP contribution in [-0.4, -0.2) is 28.7 Å². The number of carboxylic acids is 1. The van der Waals surface area contributed by atoms with E-state index in [9.17, 15) is 14.7 Å². The standard InChI is InChI=1S/C13H20N2O3/c1-4-6-10(5-2)14-12(18)15-13(3,11(16)17)9-7-8-9/h2,9-10H,4,6-8H2,1,3H3,(H,16,17)(H2,14,15,18). The van der Waals surface area contributed by atoms with E-state index >= 15 is 0 Å². The van der Waals surface area contributed by atoms with Crippen molar-refractivity contribution in [2.24, 2.45) is 5.92 Å². The highest BCUT2D eigenvalue weighted by Gasteiger charge is 2.48. The highest BCUT2D eigenvalue weighted by atomic mass is 16.4. The second kappa shape index (κ2) is 5.76. The number of hydrogen-bond acceptors (Lipinski definition) is 2. The molecule has 1 saturated carbocycles. The van der Waals surface area contributed by atoms with Crippen LogP contribution in [0.3, 0.4) is 0 Å². The third-order valence-corrected chi connectivity index (χ3v) is 3.30. The van der Waals surface area contributed by atoms with Gasteiger partial charge in [-0.25, -0.2) is 9.59 Å². The summed E-state index contributed by atoms with van der Waals surface area (Å²) in [5.74, 6) is 1.48. The summed E-state index contributed by atoms with van der Waals surface area (Å²) in [6.07, 6.45) is 8.49. The first-order valence-corrected chi connectivity index (χ1v) is 6.22. The number of nitrogens with one attached hydrogen (secondary N) is 2. The minimum absolute atomic E-state index is 0.0104. The lowest BCUT2D eigenvalue weighted by molar-refractivity contribution is -0.144. The number of hydrogen-bond donors (Lipinski definition) is 3. The van der Waals surface area contributed by atoms with Crippen LogP contribution in [0.2, 0.25) is 0 Å². The predicted octanol–water partition coefficient (Wildman–Crippen LogP) is 1.34. The van der Waals surface area contributed by atoms with Gasteiger partial charge in [-0.2, -0.15) is 0 Å². The van der Waals surface area contributed by atoms with Gasteiger partial charge in [0.05, 0.1) is 6.04 Å². The molecule has 0 bridgehead atoms. The molecule has 1 fully saturated rings. The Morgan fingerprint density at radius 1 is 1.56 bits per heavy atom. The summed E-state index contributed by atoms with van der Waals surface area (Å²) in [6, 6.07) is -0.865. The molecule has 2 unspecified atom stereocenters. The monoisotopic (exact) mass is 252 g/mol. The molecule has 5 heteroatoms. The number of carbonyl (C=O) groups is 2. The summed E-state index contributed by atoms with van der Waals surface area (Å²) in [6.45, 7) is 3.51. The number of carboxylic acid groups (broad SMARTS) is 1. The Labute approximate surface area is 107 Å². The van der Waals surface area contributed by atoms with E-state index in [-0.39, 0.29) is 12.0 Å². The minimum atomic E-state index is -1.20. The zero-order valence-corrected chi connectivity index (χ0v) is 10.8. The maximum Gasteiger partial charge on any atom is 0.329 e. The van der Waals surface area contributed by atoms with Crippen molar-refractivity contribution < 1.29 is 14.7 Å². The molecule has 3 N–H and O–H groups in total. The van der Waals surface area contributed by atoms with E-state index in [2.05, 4.69) is 16.6 Å². The normalized spacial score (nSPS) is 19.2. The lowest BCUT2D eigenvalue weighted by Gasteiger charge is -2.27. The molecule has 2 amide bonds. The van der Waals surface area contributed by atoms with Gasteiger partial charge in [0.2, 0.25) is 0 Å². The molecular weight excluding hydrogens is 232 g/mol. The van der Waals surface area contributed by atoms with Gasteiger partial charge in [-0.15, -0.1) is 6.42 Å². The van der Waals surface area contributed by atoms with Gasteiger partial charge >= 0.3 is 12.0 Å². The molecular formula is C13H20N2O3. The zero-order valence-electron chi connectivity index (χ0n) is 10.8. The zero-order chi connectivity index (χ0) is 13.8. The van der Waals surface area contributed by atoms with Crippen molar-refractivity contribution in [1.82, 2.24) is 10.6 Å². The lowest BCUT2D eigenvalue weighted by Crippen LogP contribution is -2.57. The van der Waals surface area contributed by atoms with Crippen LogP contribution in [0.1, 0.15) is 39.5 Å². The molecule has 0 saturated heterocycles. The Morgan fingerprint density at radius 2 is 2.17 bits per heavy atom. The molecule has 0 aromatic carbocycles. The first-order valence-electron chi connectivity index (χ1n) is 6.22. The molecule has 0 aliphatic heterocycles. The maximum absolute atomic E-state index is 11.8. The van der Waals surface area contributed by atoms with Crippen molar-refractivity contribution in [2.75, 3.05) is 0 Å². The molecule has 0 heterocycles. The van der Waals surface area contributed by atoms with E-state index in [1.165, 1.54) is 6.92 Å². The second-order valence-electron chi connectivity index (χ2n) is 4.89. The molecule has 1 aliphatic carbocycles. The molecule has 2 atom stereocenters. The van der Waals surface area contributed by atoms with Crippen molar-refractivity contribution in [3.8, 4) is 12.3 Å². The van der Waals surface area contributed by atoms with Gasteiger partial charge in [0.15, 0.2) is 0 Å². The predicted molar refractivity (Wildman–Crippen MR) is 68.0 cm³/mol. The van der Waals surface area contributed by atoms with Gasteiger partial charge in [-0.3, -0.25) is 0 Å². The van der Waals surface area contributed by atoms with Crippen molar-refractivity contribution in [3.63, 3.8) is 0 Å². The van der Waals surface area contributed by atoms with Crippen LogP contribution in [-0.2, 0) is 4.79 Å². The average molecular weight is 252 g/mol. The number of aliphatic carboxylic acids is 1. The number of terminal acetylenes is 1. The second-order valence-corrected chi connectivity index (χ2v) is 4.89.